The lowest BCUT2D eigenvalue weighted by Crippen LogP contribution is -2.06. The third kappa shape index (κ3) is 2.49. The Morgan fingerprint density at radius 3 is 2.65 bits per heavy atom. The molecule has 0 aromatic carbocycles. The standard InChI is InChI=1S/C12H17N5/c1-8(2)6-17-7-13-16-12(17)11-5-9(3)14-15-10(11)4/h5,7-8H,6H2,1-4H3. The summed E-state index contributed by atoms with van der Waals surface area (Å²) < 4.78 is 2.06. The molecule has 2 heterocycles. The van der Waals surface area contributed by atoms with Crippen LogP contribution in [-0.2, 0) is 6.54 Å². The molecular weight excluding hydrogens is 214 g/mol. The zero-order chi connectivity index (χ0) is 12.4. The summed E-state index contributed by atoms with van der Waals surface area (Å²) in [6.07, 6.45) is 1.77. The van der Waals surface area contributed by atoms with Crippen molar-refractivity contribution in [3.63, 3.8) is 0 Å². The Labute approximate surface area is 101 Å². The van der Waals surface area contributed by atoms with Crippen LogP contribution in [0.3, 0.4) is 0 Å². The van der Waals surface area contributed by atoms with Crippen molar-refractivity contribution in [3.05, 3.63) is 23.8 Å². The molecule has 0 amide bonds. The van der Waals surface area contributed by atoms with Gasteiger partial charge in [0.2, 0.25) is 0 Å². The SMILES string of the molecule is Cc1cc(-c2nncn2CC(C)C)c(C)nn1. The summed E-state index contributed by atoms with van der Waals surface area (Å²) in [5.41, 5.74) is 2.79. The summed E-state index contributed by atoms with van der Waals surface area (Å²) in [4.78, 5) is 0. The highest BCUT2D eigenvalue weighted by Crippen LogP contribution is 2.20. The van der Waals surface area contributed by atoms with Crippen molar-refractivity contribution in [2.45, 2.75) is 34.2 Å². The minimum Gasteiger partial charge on any atom is -0.313 e. The van der Waals surface area contributed by atoms with Crippen LogP contribution >= 0.6 is 0 Å². The number of aryl methyl sites for hydroxylation is 2. The Balaban J connectivity index is 2.45. The molecule has 0 atom stereocenters. The van der Waals surface area contributed by atoms with Gasteiger partial charge in [0, 0.05) is 12.1 Å². The molecular formula is C12H17N5. The molecule has 5 heteroatoms. The first-order chi connectivity index (χ1) is 8.08. The van der Waals surface area contributed by atoms with Gasteiger partial charge >= 0.3 is 0 Å². The molecule has 0 bridgehead atoms. The van der Waals surface area contributed by atoms with Crippen LogP contribution in [0.15, 0.2) is 12.4 Å². The molecule has 0 aliphatic heterocycles. The van der Waals surface area contributed by atoms with Crippen molar-refractivity contribution in [1.82, 2.24) is 25.0 Å². The van der Waals surface area contributed by atoms with Crippen LogP contribution in [-0.4, -0.2) is 25.0 Å². The molecule has 2 rings (SSSR count). The maximum Gasteiger partial charge on any atom is 0.165 e. The highest BCUT2D eigenvalue weighted by Gasteiger charge is 2.12. The number of hydrogen-bond donors (Lipinski definition) is 0. The van der Waals surface area contributed by atoms with E-state index in [0.29, 0.717) is 5.92 Å². The molecule has 5 nitrogen and oxygen atoms in total. The highest BCUT2D eigenvalue weighted by atomic mass is 15.3. The van der Waals surface area contributed by atoms with Crippen molar-refractivity contribution in [2.75, 3.05) is 0 Å². The first kappa shape index (κ1) is 11.7. The number of nitrogens with zero attached hydrogens (tertiary/aromatic N) is 5. The number of aromatic nitrogens is 5. The van der Waals surface area contributed by atoms with Gasteiger partial charge in [-0.3, -0.25) is 0 Å². The van der Waals surface area contributed by atoms with Gasteiger partial charge in [-0.1, -0.05) is 13.8 Å². The fourth-order valence-electron chi connectivity index (χ4n) is 1.77. The van der Waals surface area contributed by atoms with Crippen molar-refractivity contribution in [2.24, 2.45) is 5.92 Å². The van der Waals surface area contributed by atoms with Crippen molar-refractivity contribution >= 4 is 0 Å². The maximum atomic E-state index is 4.19. The monoisotopic (exact) mass is 231 g/mol. The van der Waals surface area contributed by atoms with E-state index in [1.54, 1.807) is 6.33 Å². The predicted molar refractivity (Wildman–Crippen MR) is 65.4 cm³/mol. The van der Waals surface area contributed by atoms with E-state index in [0.717, 1.165) is 29.3 Å². The van der Waals surface area contributed by atoms with Crippen molar-refractivity contribution in [1.29, 1.82) is 0 Å². The molecule has 0 aliphatic carbocycles. The summed E-state index contributed by atoms with van der Waals surface area (Å²) >= 11 is 0. The molecule has 2 aromatic rings. The molecule has 0 radical (unpaired) electrons. The topological polar surface area (TPSA) is 56.5 Å². The van der Waals surface area contributed by atoms with Crippen LogP contribution in [0.25, 0.3) is 11.4 Å². The van der Waals surface area contributed by atoms with Gasteiger partial charge in [0.25, 0.3) is 0 Å². The minimum absolute atomic E-state index is 0.556. The number of hydrogen-bond acceptors (Lipinski definition) is 4. The maximum absolute atomic E-state index is 4.19. The van der Waals surface area contributed by atoms with Gasteiger partial charge in [-0.25, -0.2) is 0 Å². The molecule has 0 spiro atoms. The summed E-state index contributed by atoms with van der Waals surface area (Å²) in [7, 11) is 0. The Kier molecular flexibility index (Phi) is 3.17. The van der Waals surface area contributed by atoms with Gasteiger partial charge in [-0.05, 0) is 25.8 Å². The Hall–Kier alpha value is -1.78. The fraction of sp³-hybridized carbons (Fsp3) is 0.500. The Bertz CT molecular complexity index is 515. The van der Waals surface area contributed by atoms with E-state index in [2.05, 4.69) is 38.8 Å². The third-order valence-corrected chi connectivity index (χ3v) is 2.52. The first-order valence-electron chi connectivity index (χ1n) is 5.77. The molecule has 0 saturated carbocycles. The van der Waals surface area contributed by atoms with E-state index in [-0.39, 0.29) is 0 Å². The van der Waals surface area contributed by atoms with Crippen LogP contribution < -0.4 is 0 Å². The van der Waals surface area contributed by atoms with Gasteiger partial charge in [-0.15, -0.1) is 10.2 Å². The largest absolute Gasteiger partial charge is 0.313 e. The smallest absolute Gasteiger partial charge is 0.165 e. The van der Waals surface area contributed by atoms with E-state index in [4.69, 9.17) is 0 Å². The zero-order valence-electron chi connectivity index (χ0n) is 10.7. The molecule has 17 heavy (non-hydrogen) atoms. The minimum atomic E-state index is 0.556. The predicted octanol–water partition coefficient (Wildman–Crippen LogP) is 2.01. The quantitative estimate of drug-likeness (QED) is 0.810. The van der Waals surface area contributed by atoms with Crippen LogP contribution in [0.1, 0.15) is 25.2 Å². The number of rotatable bonds is 3. The molecule has 0 fully saturated rings. The van der Waals surface area contributed by atoms with Crippen LogP contribution in [0.2, 0.25) is 0 Å². The average molecular weight is 231 g/mol. The molecule has 90 valence electrons. The Morgan fingerprint density at radius 2 is 1.94 bits per heavy atom. The third-order valence-electron chi connectivity index (χ3n) is 2.52. The Morgan fingerprint density at radius 1 is 1.18 bits per heavy atom. The normalized spacial score (nSPS) is 11.1. The van der Waals surface area contributed by atoms with E-state index in [1.807, 2.05) is 19.9 Å². The van der Waals surface area contributed by atoms with Crippen LogP contribution in [0.5, 0.6) is 0 Å². The molecule has 0 unspecified atom stereocenters. The summed E-state index contributed by atoms with van der Waals surface area (Å²) in [6.45, 7) is 9.12. The van der Waals surface area contributed by atoms with Crippen molar-refractivity contribution < 1.29 is 0 Å². The van der Waals surface area contributed by atoms with Gasteiger partial charge in [0.1, 0.15) is 6.33 Å². The van der Waals surface area contributed by atoms with Crippen molar-refractivity contribution in [3.8, 4) is 11.4 Å². The molecule has 0 saturated heterocycles. The lowest BCUT2D eigenvalue weighted by Gasteiger charge is -2.10. The van der Waals surface area contributed by atoms with Gasteiger partial charge in [-0.2, -0.15) is 10.2 Å². The van der Waals surface area contributed by atoms with E-state index in [9.17, 15) is 0 Å². The van der Waals surface area contributed by atoms with E-state index in [1.165, 1.54) is 0 Å². The average Bonchev–Trinajstić information content (AvgIpc) is 2.69. The van der Waals surface area contributed by atoms with E-state index >= 15 is 0 Å². The van der Waals surface area contributed by atoms with Gasteiger partial charge in [0.15, 0.2) is 5.82 Å². The fourth-order valence-corrected chi connectivity index (χ4v) is 1.77. The van der Waals surface area contributed by atoms with Crippen LogP contribution in [0, 0.1) is 19.8 Å². The summed E-state index contributed by atoms with van der Waals surface area (Å²) in [5, 5.41) is 16.3. The molecule has 0 aliphatic rings. The lowest BCUT2D eigenvalue weighted by atomic mass is 10.1. The zero-order valence-corrected chi connectivity index (χ0v) is 10.7. The van der Waals surface area contributed by atoms with Gasteiger partial charge in [0.05, 0.1) is 11.4 Å². The summed E-state index contributed by atoms with van der Waals surface area (Å²) in [5.74, 6) is 1.43. The second-order valence-electron chi connectivity index (χ2n) is 4.69. The second-order valence-corrected chi connectivity index (χ2v) is 4.69. The van der Waals surface area contributed by atoms with E-state index < -0.39 is 0 Å². The summed E-state index contributed by atoms with van der Waals surface area (Å²) in [6, 6.07) is 2.00. The van der Waals surface area contributed by atoms with Gasteiger partial charge < -0.3 is 4.57 Å². The molecule has 2 aromatic heterocycles. The first-order valence-corrected chi connectivity index (χ1v) is 5.77. The van der Waals surface area contributed by atoms with Crippen LogP contribution in [0.4, 0.5) is 0 Å². The molecule has 0 N–H and O–H groups in total. The second kappa shape index (κ2) is 4.61. The lowest BCUT2D eigenvalue weighted by molar-refractivity contribution is 0.525. The highest BCUT2D eigenvalue weighted by molar-refractivity contribution is 5.57.